The molecule has 0 radical (unpaired) electrons. The van der Waals surface area contributed by atoms with Crippen molar-refractivity contribution in [1.82, 2.24) is 9.80 Å². The first-order valence-electron chi connectivity index (χ1n) is 10.0. The minimum absolute atomic E-state index is 0.00946. The maximum Gasteiger partial charge on any atom is 0.223 e. The molecule has 27 heavy (non-hydrogen) atoms. The van der Waals surface area contributed by atoms with E-state index in [0.29, 0.717) is 17.6 Å². The molecule has 1 aromatic carbocycles. The van der Waals surface area contributed by atoms with Crippen LogP contribution in [0.5, 0.6) is 5.75 Å². The maximum atomic E-state index is 12.4. The average molecular weight is 375 g/mol. The zero-order chi connectivity index (χ0) is 19.9. The Hall–Kier alpha value is -1.88. The van der Waals surface area contributed by atoms with Gasteiger partial charge < -0.3 is 9.64 Å². The first-order valence-corrected chi connectivity index (χ1v) is 10.0. The number of rotatable bonds is 8. The van der Waals surface area contributed by atoms with Crippen molar-refractivity contribution < 1.29 is 14.3 Å². The molecule has 1 fully saturated rings. The van der Waals surface area contributed by atoms with Gasteiger partial charge in [0.15, 0.2) is 5.78 Å². The van der Waals surface area contributed by atoms with E-state index >= 15 is 0 Å². The average Bonchev–Trinajstić information content (AvgIpc) is 2.65. The van der Waals surface area contributed by atoms with Crippen LogP contribution >= 0.6 is 0 Å². The van der Waals surface area contributed by atoms with Gasteiger partial charge in [-0.1, -0.05) is 20.8 Å². The SMILES string of the molecule is CCOc1ccc(C(=O)CCC(=O)N2CCN(CCC(C)(C)C)CC2)cc1. The molecule has 0 saturated carbocycles. The van der Waals surface area contributed by atoms with Crippen LogP contribution in [-0.2, 0) is 4.79 Å². The Kier molecular flexibility index (Phi) is 7.84. The number of ether oxygens (including phenoxy) is 1. The highest BCUT2D eigenvalue weighted by Gasteiger charge is 2.22. The zero-order valence-electron chi connectivity index (χ0n) is 17.3. The highest BCUT2D eigenvalue weighted by molar-refractivity contribution is 5.98. The van der Waals surface area contributed by atoms with Crippen LogP contribution in [0.2, 0.25) is 0 Å². The third-order valence-electron chi connectivity index (χ3n) is 4.96. The van der Waals surface area contributed by atoms with Gasteiger partial charge in [-0.15, -0.1) is 0 Å². The van der Waals surface area contributed by atoms with E-state index in [1.54, 1.807) is 24.3 Å². The molecule has 1 aliphatic heterocycles. The number of carbonyl (C=O) groups excluding carboxylic acids is 2. The fraction of sp³-hybridized carbons (Fsp3) is 0.636. The Bertz CT molecular complexity index is 611. The van der Waals surface area contributed by atoms with Gasteiger partial charge >= 0.3 is 0 Å². The molecule has 0 N–H and O–H groups in total. The van der Waals surface area contributed by atoms with Crippen LogP contribution in [-0.4, -0.2) is 60.8 Å². The summed E-state index contributed by atoms with van der Waals surface area (Å²) in [6.45, 7) is 13.8. The first-order chi connectivity index (χ1) is 12.8. The standard InChI is InChI=1S/C22H34N2O3/c1-5-27-19-8-6-18(7-9-19)20(25)10-11-21(26)24-16-14-23(15-17-24)13-12-22(2,3)4/h6-9H,5,10-17H2,1-4H3. The highest BCUT2D eigenvalue weighted by atomic mass is 16.5. The molecule has 0 unspecified atom stereocenters. The summed E-state index contributed by atoms with van der Waals surface area (Å²) >= 11 is 0. The van der Waals surface area contributed by atoms with Crippen molar-refractivity contribution in [3.8, 4) is 5.75 Å². The summed E-state index contributed by atoms with van der Waals surface area (Å²) in [5, 5.41) is 0. The van der Waals surface area contributed by atoms with E-state index < -0.39 is 0 Å². The van der Waals surface area contributed by atoms with Crippen LogP contribution in [0.3, 0.4) is 0 Å². The third-order valence-corrected chi connectivity index (χ3v) is 4.96. The van der Waals surface area contributed by atoms with E-state index in [4.69, 9.17) is 4.74 Å². The van der Waals surface area contributed by atoms with Crippen LogP contribution in [0.15, 0.2) is 24.3 Å². The molecule has 0 aliphatic carbocycles. The molecule has 0 spiro atoms. The molecule has 1 saturated heterocycles. The largest absolute Gasteiger partial charge is 0.494 e. The third kappa shape index (κ3) is 7.33. The quantitative estimate of drug-likeness (QED) is 0.652. The molecule has 1 amide bonds. The van der Waals surface area contributed by atoms with Gasteiger partial charge in [0.1, 0.15) is 5.75 Å². The molecule has 0 aromatic heterocycles. The van der Waals surface area contributed by atoms with Crippen molar-refractivity contribution in [1.29, 1.82) is 0 Å². The predicted molar refractivity (Wildman–Crippen MR) is 108 cm³/mol. The Labute approximate surface area is 163 Å². The van der Waals surface area contributed by atoms with Gasteiger partial charge in [0.05, 0.1) is 6.61 Å². The zero-order valence-corrected chi connectivity index (χ0v) is 17.3. The van der Waals surface area contributed by atoms with Crippen LogP contribution in [0.4, 0.5) is 0 Å². The molecule has 0 atom stereocenters. The fourth-order valence-corrected chi connectivity index (χ4v) is 3.14. The molecule has 0 bridgehead atoms. The van der Waals surface area contributed by atoms with Gasteiger partial charge in [0.25, 0.3) is 0 Å². The summed E-state index contributed by atoms with van der Waals surface area (Å²) < 4.78 is 5.39. The first kappa shape index (κ1) is 21.4. The van der Waals surface area contributed by atoms with Gasteiger partial charge in [-0.05, 0) is 49.6 Å². The maximum absolute atomic E-state index is 12.4. The molecular weight excluding hydrogens is 340 g/mol. The Morgan fingerprint density at radius 1 is 1.00 bits per heavy atom. The van der Waals surface area contributed by atoms with Crippen molar-refractivity contribution >= 4 is 11.7 Å². The summed E-state index contributed by atoms with van der Waals surface area (Å²) in [6, 6.07) is 7.14. The number of ketones is 1. The number of Topliss-reactive ketones (excluding diaryl/α,β-unsaturated/α-hetero) is 1. The van der Waals surface area contributed by atoms with Gasteiger partial charge in [-0.3, -0.25) is 14.5 Å². The number of hydrogen-bond donors (Lipinski definition) is 0. The molecule has 2 rings (SSSR count). The summed E-state index contributed by atoms with van der Waals surface area (Å²) in [5.74, 6) is 0.856. The lowest BCUT2D eigenvalue weighted by Crippen LogP contribution is -2.49. The molecule has 1 heterocycles. The number of amides is 1. The van der Waals surface area contributed by atoms with E-state index in [1.165, 1.54) is 0 Å². The summed E-state index contributed by atoms with van der Waals surface area (Å²) in [5.41, 5.74) is 0.979. The predicted octanol–water partition coefficient (Wildman–Crippen LogP) is 3.63. The van der Waals surface area contributed by atoms with Crippen LogP contribution < -0.4 is 4.74 Å². The van der Waals surface area contributed by atoms with Crippen molar-refractivity contribution in [2.75, 3.05) is 39.3 Å². The summed E-state index contributed by atoms with van der Waals surface area (Å²) in [4.78, 5) is 29.1. The second-order valence-corrected chi connectivity index (χ2v) is 8.41. The van der Waals surface area contributed by atoms with Crippen molar-refractivity contribution in [2.45, 2.75) is 47.0 Å². The molecule has 5 nitrogen and oxygen atoms in total. The van der Waals surface area contributed by atoms with Crippen molar-refractivity contribution in [3.05, 3.63) is 29.8 Å². The second-order valence-electron chi connectivity index (χ2n) is 8.41. The molecule has 150 valence electrons. The van der Waals surface area contributed by atoms with E-state index in [2.05, 4.69) is 25.7 Å². The number of nitrogens with zero attached hydrogens (tertiary/aromatic N) is 2. The van der Waals surface area contributed by atoms with E-state index in [0.717, 1.165) is 44.9 Å². The van der Waals surface area contributed by atoms with E-state index in [-0.39, 0.29) is 24.5 Å². The van der Waals surface area contributed by atoms with E-state index in [1.807, 2.05) is 11.8 Å². The van der Waals surface area contributed by atoms with E-state index in [9.17, 15) is 9.59 Å². The Balaban J connectivity index is 1.72. The minimum atomic E-state index is 0.00946. The van der Waals surface area contributed by atoms with Gasteiger partial charge in [-0.2, -0.15) is 0 Å². The van der Waals surface area contributed by atoms with Crippen LogP contribution in [0, 0.1) is 5.41 Å². The monoisotopic (exact) mass is 374 g/mol. The van der Waals surface area contributed by atoms with Crippen LogP contribution in [0.1, 0.15) is 57.3 Å². The lowest BCUT2D eigenvalue weighted by molar-refractivity contribution is -0.132. The number of piperazine rings is 1. The van der Waals surface area contributed by atoms with Gasteiger partial charge in [0.2, 0.25) is 5.91 Å². The Morgan fingerprint density at radius 3 is 2.19 bits per heavy atom. The fourth-order valence-electron chi connectivity index (χ4n) is 3.14. The number of benzene rings is 1. The molecule has 1 aromatic rings. The second kappa shape index (κ2) is 9.88. The summed E-state index contributed by atoms with van der Waals surface area (Å²) in [6.07, 6.45) is 1.71. The van der Waals surface area contributed by atoms with Gasteiger partial charge in [-0.25, -0.2) is 0 Å². The normalized spacial score (nSPS) is 15.6. The smallest absolute Gasteiger partial charge is 0.223 e. The van der Waals surface area contributed by atoms with Crippen molar-refractivity contribution in [2.24, 2.45) is 5.41 Å². The van der Waals surface area contributed by atoms with Gasteiger partial charge in [0, 0.05) is 44.6 Å². The Morgan fingerprint density at radius 2 is 1.63 bits per heavy atom. The van der Waals surface area contributed by atoms with Crippen molar-refractivity contribution in [3.63, 3.8) is 0 Å². The number of hydrogen-bond acceptors (Lipinski definition) is 4. The highest BCUT2D eigenvalue weighted by Crippen LogP contribution is 2.19. The minimum Gasteiger partial charge on any atom is -0.494 e. The summed E-state index contributed by atoms with van der Waals surface area (Å²) in [7, 11) is 0. The molecular formula is C22H34N2O3. The lowest BCUT2D eigenvalue weighted by Gasteiger charge is -2.36. The van der Waals surface area contributed by atoms with Crippen LogP contribution in [0.25, 0.3) is 0 Å². The molecule has 1 aliphatic rings. The topological polar surface area (TPSA) is 49.9 Å². The lowest BCUT2D eigenvalue weighted by atomic mass is 9.92. The molecule has 5 heteroatoms. The number of carbonyl (C=O) groups is 2.